The predicted molar refractivity (Wildman–Crippen MR) is 123 cm³/mol. The van der Waals surface area contributed by atoms with Gasteiger partial charge in [-0.3, -0.25) is 4.99 Å². The van der Waals surface area contributed by atoms with E-state index in [4.69, 9.17) is 19.9 Å². The number of aliphatic imine (C=N–C) groups is 1. The van der Waals surface area contributed by atoms with Crippen LogP contribution in [0.4, 0.5) is 5.69 Å². The van der Waals surface area contributed by atoms with E-state index >= 15 is 0 Å². The molecule has 1 aliphatic heterocycles. The Balaban J connectivity index is 0.00000280. The minimum atomic E-state index is -0.0782. The van der Waals surface area contributed by atoms with Gasteiger partial charge >= 0.3 is 0 Å². The molecule has 0 spiro atoms. The molecule has 0 atom stereocenters. The second-order valence-electron chi connectivity index (χ2n) is 6.68. The predicted octanol–water partition coefficient (Wildman–Crippen LogP) is 3.80. The number of anilines is 1. The Morgan fingerprint density at radius 1 is 1.07 bits per heavy atom. The molecule has 0 aromatic heterocycles. The first-order chi connectivity index (χ1) is 13.1. The Hall–Kier alpha value is -2.00. The number of rotatable bonds is 6. The van der Waals surface area contributed by atoms with Gasteiger partial charge < -0.3 is 25.3 Å². The summed E-state index contributed by atoms with van der Waals surface area (Å²) in [4.78, 5) is 4.65. The molecule has 0 aliphatic carbocycles. The van der Waals surface area contributed by atoms with Gasteiger partial charge in [-0.2, -0.15) is 0 Å². The first-order valence-corrected chi connectivity index (χ1v) is 9.08. The first kappa shape index (κ1) is 22.3. The van der Waals surface area contributed by atoms with Crippen molar-refractivity contribution in [2.45, 2.75) is 18.3 Å². The summed E-state index contributed by atoms with van der Waals surface area (Å²) in [5.41, 5.74) is 8.15. The number of guanidine groups is 1. The average molecular weight is 497 g/mol. The van der Waals surface area contributed by atoms with Crippen molar-refractivity contribution in [3.05, 3.63) is 54.1 Å². The van der Waals surface area contributed by atoms with Gasteiger partial charge in [-0.25, -0.2) is 0 Å². The maximum absolute atomic E-state index is 6.14. The highest BCUT2D eigenvalue weighted by Gasteiger charge is 2.34. The van der Waals surface area contributed by atoms with Crippen LogP contribution in [0.25, 0.3) is 0 Å². The molecule has 2 aromatic rings. The molecule has 0 bridgehead atoms. The number of nitrogens with zero attached hydrogens (tertiary/aromatic N) is 1. The zero-order valence-electron chi connectivity index (χ0n) is 16.3. The molecule has 0 amide bonds. The van der Waals surface area contributed by atoms with E-state index in [1.54, 1.807) is 14.2 Å². The van der Waals surface area contributed by atoms with Crippen LogP contribution in [0.3, 0.4) is 0 Å². The molecular formula is C21H28IN3O3. The number of nitrogens with two attached hydrogens (primary N) is 1. The van der Waals surface area contributed by atoms with E-state index in [0.29, 0.717) is 12.5 Å². The van der Waals surface area contributed by atoms with Gasteiger partial charge in [-0.15, -0.1) is 24.0 Å². The van der Waals surface area contributed by atoms with Crippen molar-refractivity contribution >= 4 is 35.6 Å². The topological polar surface area (TPSA) is 78.1 Å². The average Bonchev–Trinajstić information content (AvgIpc) is 2.73. The standard InChI is InChI=1S/C21H27N3O3.HI/c1-25-18-8-6-16(7-9-18)21(10-12-27-13-11-21)15-23-20(22)24-17-4-3-5-19(14-17)26-2;/h3-9,14H,10-13,15H2,1-2H3,(H3,22,23,24);1H. The van der Waals surface area contributed by atoms with E-state index in [1.165, 1.54) is 5.56 Å². The lowest BCUT2D eigenvalue weighted by Crippen LogP contribution is -2.38. The van der Waals surface area contributed by atoms with Crippen molar-refractivity contribution in [1.29, 1.82) is 0 Å². The first-order valence-electron chi connectivity index (χ1n) is 9.08. The Bertz CT molecular complexity index is 775. The van der Waals surface area contributed by atoms with Crippen LogP contribution in [0.1, 0.15) is 18.4 Å². The van der Waals surface area contributed by atoms with Crippen LogP contribution in [0.15, 0.2) is 53.5 Å². The maximum Gasteiger partial charge on any atom is 0.193 e. The summed E-state index contributed by atoms with van der Waals surface area (Å²) >= 11 is 0. The fraction of sp³-hybridized carbons (Fsp3) is 0.381. The molecule has 0 radical (unpaired) electrons. The Kier molecular flexibility index (Phi) is 8.37. The van der Waals surface area contributed by atoms with Crippen LogP contribution in [0.2, 0.25) is 0 Å². The smallest absolute Gasteiger partial charge is 0.193 e. The summed E-state index contributed by atoms with van der Waals surface area (Å²) in [5, 5.41) is 3.14. The second-order valence-corrected chi connectivity index (χ2v) is 6.68. The van der Waals surface area contributed by atoms with Gasteiger partial charge in [0, 0.05) is 30.4 Å². The third kappa shape index (κ3) is 5.51. The molecule has 1 saturated heterocycles. The highest BCUT2D eigenvalue weighted by molar-refractivity contribution is 14.0. The van der Waals surface area contributed by atoms with Crippen LogP contribution in [0.5, 0.6) is 11.5 Å². The van der Waals surface area contributed by atoms with E-state index in [2.05, 4.69) is 22.4 Å². The number of ether oxygens (including phenoxy) is 3. The monoisotopic (exact) mass is 497 g/mol. The summed E-state index contributed by atoms with van der Waals surface area (Å²) in [6.07, 6.45) is 1.82. The molecule has 0 saturated carbocycles. The van der Waals surface area contributed by atoms with E-state index in [1.807, 2.05) is 36.4 Å². The summed E-state index contributed by atoms with van der Waals surface area (Å²) < 4.78 is 16.1. The molecule has 1 aliphatic rings. The molecule has 7 heteroatoms. The third-order valence-corrected chi connectivity index (χ3v) is 5.05. The van der Waals surface area contributed by atoms with E-state index in [0.717, 1.165) is 43.2 Å². The third-order valence-electron chi connectivity index (χ3n) is 5.05. The SMILES string of the molecule is COc1ccc(C2(CN=C(N)Nc3cccc(OC)c3)CCOCC2)cc1.I. The molecule has 6 nitrogen and oxygen atoms in total. The van der Waals surface area contributed by atoms with Gasteiger partial charge in [0.15, 0.2) is 5.96 Å². The summed E-state index contributed by atoms with van der Waals surface area (Å²) in [5.74, 6) is 2.01. The molecular weight excluding hydrogens is 469 g/mol. The van der Waals surface area contributed by atoms with Gasteiger partial charge in [0.1, 0.15) is 11.5 Å². The Morgan fingerprint density at radius 3 is 2.39 bits per heavy atom. The minimum absolute atomic E-state index is 0. The molecule has 3 N–H and O–H groups in total. The van der Waals surface area contributed by atoms with Gasteiger partial charge in [-0.1, -0.05) is 18.2 Å². The Morgan fingerprint density at radius 2 is 1.75 bits per heavy atom. The van der Waals surface area contributed by atoms with Crippen LogP contribution in [0, 0.1) is 0 Å². The highest BCUT2D eigenvalue weighted by Crippen LogP contribution is 2.36. The number of hydrogen-bond acceptors (Lipinski definition) is 4. The number of hydrogen-bond donors (Lipinski definition) is 2. The number of methoxy groups -OCH3 is 2. The van der Waals surface area contributed by atoms with Crippen LogP contribution < -0.4 is 20.5 Å². The van der Waals surface area contributed by atoms with Crippen molar-refractivity contribution in [1.82, 2.24) is 0 Å². The molecule has 28 heavy (non-hydrogen) atoms. The summed E-state index contributed by atoms with van der Waals surface area (Å²) in [7, 11) is 3.31. The highest BCUT2D eigenvalue weighted by atomic mass is 127. The molecule has 1 heterocycles. The lowest BCUT2D eigenvalue weighted by Gasteiger charge is -2.36. The molecule has 3 rings (SSSR count). The van der Waals surface area contributed by atoms with Crippen LogP contribution in [-0.2, 0) is 10.2 Å². The quantitative estimate of drug-likeness (QED) is 0.361. The van der Waals surface area contributed by atoms with E-state index < -0.39 is 0 Å². The fourth-order valence-corrected chi connectivity index (χ4v) is 3.37. The molecule has 1 fully saturated rings. The van der Waals surface area contributed by atoms with Crippen molar-refractivity contribution in [2.24, 2.45) is 10.7 Å². The normalized spacial score (nSPS) is 16.0. The number of halogens is 1. The van der Waals surface area contributed by atoms with Crippen molar-refractivity contribution < 1.29 is 14.2 Å². The number of nitrogens with one attached hydrogen (secondary N) is 1. The van der Waals surface area contributed by atoms with Crippen LogP contribution >= 0.6 is 24.0 Å². The molecule has 0 unspecified atom stereocenters. The van der Waals surface area contributed by atoms with Crippen molar-refractivity contribution in [2.75, 3.05) is 39.3 Å². The Labute approximate surface area is 183 Å². The molecule has 2 aromatic carbocycles. The second kappa shape index (κ2) is 10.5. The number of benzene rings is 2. The fourth-order valence-electron chi connectivity index (χ4n) is 3.37. The maximum atomic E-state index is 6.14. The lowest BCUT2D eigenvalue weighted by molar-refractivity contribution is 0.0531. The van der Waals surface area contributed by atoms with Crippen LogP contribution in [-0.4, -0.2) is 39.9 Å². The minimum Gasteiger partial charge on any atom is -0.497 e. The van der Waals surface area contributed by atoms with Gasteiger partial charge in [0.05, 0.1) is 20.8 Å². The van der Waals surface area contributed by atoms with E-state index in [-0.39, 0.29) is 29.4 Å². The van der Waals surface area contributed by atoms with E-state index in [9.17, 15) is 0 Å². The van der Waals surface area contributed by atoms with Gasteiger partial charge in [0.25, 0.3) is 0 Å². The summed E-state index contributed by atoms with van der Waals surface area (Å²) in [6, 6.07) is 15.8. The largest absolute Gasteiger partial charge is 0.497 e. The zero-order chi connectivity index (χ0) is 19.1. The molecule has 152 valence electrons. The van der Waals surface area contributed by atoms with Gasteiger partial charge in [0.2, 0.25) is 0 Å². The summed E-state index contributed by atoms with van der Waals surface area (Å²) in [6.45, 7) is 2.06. The zero-order valence-corrected chi connectivity index (χ0v) is 18.6. The van der Waals surface area contributed by atoms with Crippen molar-refractivity contribution in [3.63, 3.8) is 0 Å². The lowest BCUT2D eigenvalue weighted by atomic mass is 9.74. The van der Waals surface area contributed by atoms with Crippen molar-refractivity contribution in [3.8, 4) is 11.5 Å². The van der Waals surface area contributed by atoms with Gasteiger partial charge in [-0.05, 0) is 42.7 Å².